The molecule has 1 aromatic rings. The Hall–Kier alpha value is -0.240. The summed E-state index contributed by atoms with van der Waals surface area (Å²) in [5.74, 6) is 0. The molecule has 1 aliphatic rings. The Balaban J connectivity index is 2.03. The zero-order chi connectivity index (χ0) is 13.0. The van der Waals surface area contributed by atoms with Gasteiger partial charge in [0.2, 0.25) is 0 Å². The molecule has 0 spiro atoms. The quantitative estimate of drug-likeness (QED) is 0.740. The summed E-state index contributed by atoms with van der Waals surface area (Å²) >= 11 is 12.0. The van der Waals surface area contributed by atoms with Gasteiger partial charge in [-0.15, -0.1) is 0 Å². The van der Waals surface area contributed by atoms with Crippen molar-refractivity contribution in [3.05, 3.63) is 33.8 Å². The molecule has 1 saturated heterocycles. The number of hydrogen-bond donors (Lipinski definition) is 0. The van der Waals surface area contributed by atoms with Crippen LogP contribution < -0.4 is 0 Å². The topological polar surface area (TPSA) is 3.24 Å². The van der Waals surface area contributed by atoms with Crippen molar-refractivity contribution in [1.29, 1.82) is 0 Å². The van der Waals surface area contributed by atoms with Gasteiger partial charge in [0.25, 0.3) is 0 Å². The standard InChI is InChI=1S/C15H21Cl2N/c1-2-5-13-6-3-4-9-18(13)11-12-7-8-14(16)15(17)10-12/h7-8,10,13H,2-6,9,11H2,1H3. The average Bonchev–Trinajstić information content (AvgIpc) is 2.37. The molecule has 0 saturated carbocycles. The summed E-state index contributed by atoms with van der Waals surface area (Å²) in [6, 6.07) is 6.74. The molecule has 100 valence electrons. The number of halogens is 2. The molecule has 1 fully saturated rings. The summed E-state index contributed by atoms with van der Waals surface area (Å²) in [6.45, 7) is 4.48. The highest BCUT2D eigenvalue weighted by Gasteiger charge is 2.21. The monoisotopic (exact) mass is 285 g/mol. The molecule has 0 N–H and O–H groups in total. The lowest BCUT2D eigenvalue weighted by Gasteiger charge is -2.35. The molecule has 1 heterocycles. The summed E-state index contributed by atoms with van der Waals surface area (Å²) in [6.07, 6.45) is 6.61. The van der Waals surface area contributed by atoms with Crippen molar-refractivity contribution < 1.29 is 0 Å². The van der Waals surface area contributed by atoms with E-state index in [0.29, 0.717) is 10.0 Å². The van der Waals surface area contributed by atoms with Crippen LogP contribution in [0.3, 0.4) is 0 Å². The number of hydrogen-bond acceptors (Lipinski definition) is 1. The van der Waals surface area contributed by atoms with Gasteiger partial charge in [0.1, 0.15) is 0 Å². The molecule has 1 nitrogen and oxygen atoms in total. The Labute approximate surface area is 120 Å². The second kappa shape index (κ2) is 6.79. The fraction of sp³-hybridized carbons (Fsp3) is 0.600. The van der Waals surface area contributed by atoms with Gasteiger partial charge < -0.3 is 0 Å². The van der Waals surface area contributed by atoms with E-state index in [1.807, 2.05) is 12.1 Å². The third-order valence-corrected chi connectivity index (χ3v) is 4.48. The maximum absolute atomic E-state index is 6.08. The molecule has 0 amide bonds. The molecule has 3 heteroatoms. The first-order valence-corrected chi connectivity index (χ1v) is 7.64. The highest BCUT2D eigenvalue weighted by molar-refractivity contribution is 6.42. The molecule has 0 bridgehead atoms. The smallest absolute Gasteiger partial charge is 0.0595 e. The van der Waals surface area contributed by atoms with Crippen molar-refractivity contribution in [3.8, 4) is 0 Å². The van der Waals surface area contributed by atoms with Gasteiger partial charge in [-0.3, -0.25) is 4.90 Å². The summed E-state index contributed by atoms with van der Waals surface area (Å²) in [7, 11) is 0. The maximum Gasteiger partial charge on any atom is 0.0595 e. The summed E-state index contributed by atoms with van der Waals surface area (Å²) in [4.78, 5) is 2.60. The molecular weight excluding hydrogens is 265 g/mol. The second-order valence-corrected chi connectivity index (χ2v) is 5.97. The molecule has 0 radical (unpaired) electrons. The molecule has 1 aromatic carbocycles. The fourth-order valence-corrected chi connectivity index (χ4v) is 3.12. The first kappa shape index (κ1) is 14.2. The third kappa shape index (κ3) is 3.63. The van der Waals surface area contributed by atoms with Crippen LogP contribution in [-0.2, 0) is 6.54 Å². The number of piperidine rings is 1. The summed E-state index contributed by atoms with van der Waals surface area (Å²) in [5.41, 5.74) is 1.27. The van der Waals surface area contributed by atoms with Gasteiger partial charge >= 0.3 is 0 Å². The van der Waals surface area contributed by atoms with Gasteiger partial charge in [-0.05, 0) is 43.5 Å². The van der Waals surface area contributed by atoms with E-state index in [2.05, 4.69) is 17.9 Å². The minimum Gasteiger partial charge on any atom is -0.296 e. The van der Waals surface area contributed by atoms with Crippen LogP contribution >= 0.6 is 23.2 Å². The Bertz CT molecular complexity index is 390. The Morgan fingerprint density at radius 2 is 2.06 bits per heavy atom. The van der Waals surface area contributed by atoms with E-state index in [0.717, 1.165) is 12.6 Å². The zero-order valence-electron chi connectivity index (χ0n) is 11.0. The van der Waals surface area contributed by atoms with E-state index in [9.17, 15) is 0 Å². The average molecular weight is 286 g/mol. The van der Waals surface area contributed by atoms with E-state index >= 15 is 0 Å². The van der Waals surface area contributed by atoms with E-state index in [4.69, 9.17) is 23.2 Å². The third-order valence-electron chi connectivity index (χ3n) is 3.74. The van der Waals surface area contributed by atoms with E-state index in [1.54, 1.807) is 0 Å². The number of nitrogens with zero attached hydrogens (tertiary/aromatic N) is 1. The molecule has 1 atom stereocenters. The van der Waals surface area contributed by atoms with Crippen molar-refractivity contribution >= 4 is 23.2 Å². The van der Waals surface area contributed by atoms with Crippen LogP contribution in [-0.4, -0.2) is 17.5 Å². The van der Waals surface area contributed by atoms with E-state index in [-0.39, 0.29) is 0 Å². The first-order chi connectivity index (χ1) is 8.70. The SMILES string of the molecule is CCCC1CCCCN1Cc1ccc(Cl)c(Cl)c1. The van der Waals surface area contributed by atoms with Crippen LogP contribution in [0, 0.1) is 0 Å². The molecule has 18 heavy (non-hydrogen) atoms. The van der Waals surface area contributed by atoms with Crippen LogP contribution in [0.2, 0.25) is 10.0 Å². The van der Waals surface area contributed by atoms with Crippen LogP contribution in [0.5, 0.6) is 0 Å². The van der Waals surface area contributed by atoms with Gasteiger partial charge in [0.05, 0.1) is 10.0 Å². The largest absolute Gasteiger partial charge is 0.296 e. The van der Waals surface area contributed by atoms with Crippen LogP contribution in [0.25, 0.3) is 0 Å². The molecular formula is C15H21Cl2N. The van der Waals surface area contributed by atoms with Crippen LogP contribution in [0.1, 0.15) is 44.6 Å². The summed E-state index contributed by atoms with van der Waals surface area (Å²) < 4.78 is 0. The van der Waals surface area contributed by atoms with Crippen LogP contribution in [0.4, 0.5) is 0 Å². The van der Waals surface area contributed by atoms with Gasteiger partial charge in [-0.1, -0.05) is 49.0 Å². The molecule has 0 aromatic heterocycles. The van der Waals surface area contributed by atoms with Crippen LogP contribution in [0.15, 0.2) is 18.2 Å². The highest BCUT2D eigenvalue weighted by Crippen LogP contribution is 2.26. The number of rotatable bonds is 4. The maximum atomic E-state index is 6.08. The Kier molecular flexibility index (Phi) is 5.35. The normalized spacial score (nSPS) is 21.2. The first-order valence-electron chi connectivity index (χ1n) is 6.88. The van der Waals surface area contributed by atoms with Crippen molar-refractivity contribution in [2.75, 3.05) is 6.54 Å². The second-order valence-electron chi connectivity index (χ2n) is 5.16. The summed E-state index contributed by atoms with van der Waals surface area (Å²) in [5, 5.41) is 1.31. The predicted octanol–water partition coefficient (Wildman–Crippen LogP) is 5.15. The fourth-order valence-electron chi connectivity index (χ4n) is 2.80. The van der Waals surface area contributed by atoms with Crippen molar-refractivity contribution in [2.24, 2.45) is 0 Å². The molecule has 1 unspecified atom stereocenters. The molecule has 0 aliphatic carbocycles. The zero-order valence-corrected chi connectivity index (χ0v) is 12.5. The van der Waals surface area contributed by atoms with Crippen molar-refractivity contribution in [2.45, 2.75) is 51.6 Å². The number of likely N-dealkylation sites (tertiary alicyclic amines) is 1. The Morgan fingerprint density at radius 3 is 2.78 bits per heavy atom. The minimum absolute atomic E-state index is 0.643. The van der Waals surface area contributed by atoms with Gasteiger partial charge in [-0.2, -0.15) is 0 Å². The highest BCUT2D eigenvalue weighted by atomic mass is 35.5. The predicted molar refractivity (Wildman–Crippen MR) is 79.4 cm³/mol. The lowest BCUT2D eigenvalue weighted by molar-refractivity contribution is 0.131. The number of benzene rings is 1. The molecule has 2 rings (SSSR count). The Morgan fingerprint density at radius 1 is 1.22 bits per heavy atom. The van der Waals surface area contributed by atoms with E-state index < -0.39 is 0 Å². The van der Waals surface area contributed by atoms with Gasteiger partial charge in [0.15, 0.2) is 0 Å². The van der Waals surface area contributed by atoms with Gasteiger partial charge in [0, 0.05) is 12.6 Å². The lowest BCUT2D eigenvalue weighted by atomic mass is 9.97. The molecule has 1 aliphatic heterocycles. The van der Waals surface area contributed by atoms with E-state index in [1.165, 1.54) is 44.2 Å². The minimum atomic E-state index is 0.643. The van der Waals surface area contributed by atoms with Crippen molar-refractivity contribution in [1.82, 2.24) is 4.90 Å². The van der Waals surface area contributed by atoms with Gasteiger partial charge in [-0.25, -0.2) is 0 Å². The lowest BCUT2D eigenvalue weighted by Crippen LogP contribution is -2.38. The van der Waals surface area contributed by atoms with Crippen molar-refractivity contribution in [3.63, 3.8) is 0 Å².